The minimum absolute atomic E-state index is 0.0405. The van der Waals surface area contributed by atoms with Crippen LogP contribution in [0.25, 0.3) is 0 Å². The Hall–Kier alpha value is -0.980. The van der Waals surface area contributed by atoms with Crippen LogP contribution in [0.3, 0.4) is 0 Å². The van der Waals surface area contributed by atoms with Gasteiger partial charge in [0.15, 0.2) is 0 Å². The molecule has 106 valence electrons. The Balaban J connectivity index is 1.79. The number of hydrogen-bond donors (Lipinski definition) is 2. The molecule has 0 radical (unpaired) electrons. The average molecular weight is 283 g/mol. The number of carbonyl (C=O) groups is 1. The number of nitrogens with one attached hydrogen (secondary N) is 1. The van der Waals surface area contributed by atoms with Crippen molar-refractivity contribution in [1.82, 2.24) is 15.2 Å². The van der Waals surface area contributed by atoms with E-state index in [0.29, 0.717) is 19.5 Å². The average Bonchev–Trinajstić information content (AvgIpc) is 2.78. The molecule has 0 aromatic carbocycles. The number of rotatable bonds is 4. The molecule has 0 bridgehead atoms. The molecule has 2 atom stereocenters. The largest absolute Gasteiger partial charge is 0.392 e. The Kier molecular flexibility index (Phi) is 4.90. The van der Waals surface area contributed by atoms with Gasteiger partial charge in [-0.1, -0.05) is 0 Å². The summed E-state index contributed by atoms with van der Waals surface area (Å²) < 4.78 is 0. The van der Waals surface area contributed by atoms with E-state index in [1.807, 2.05) is 19.5 Å². The zero-order chi connectivity index (χ0) is 13.8. The van der Waals surface area contributed by atoms with Crippen LogP contribution in [0.1, 0.15) is 17.0 Å². The van der Waals surface area contributed by atoms with Crippen molar-refractivity contribution < 1.29 is 9.90 Å². The smallest absolute Gasteiger partial charge is 0.227 e. The van der Waals surface area contributed by atoms with Gasteiger partial charge in [0.1, 0.15) is 0 Å². The lowest BCUT2D eigenvalue weighted by Gasteiger charge is -2.32. The Morgan fingerprint density at radius 2 is 2.47 bits per heavy atom. The number of thiazole rings is 1. The predicted octanol–water partition coefficient (Wildman–Crippen LogP) is 0.423. The molecule has 1 amide bonds. The molecule has 0 aliphatic carbocycles. The molecule has 0 unspecified atom stereocenters. The maximum Gasteiger partial charge on any atom is 0.227 e. The standard InChI is InChI=1S/C13H21N3O2S/c1-9-12(19-8-15-9)3-5-14-13(18)10-7-16(2)6-4-11(10)17/h8,10-11,17H,3-7H2,1-2H3,(H,14,18)/t10-,11-/m1/s1. The third-order valence-corrected chi connectivity index (χ3v) is 4.61. The molecular formula is C13H21N3O2S. The summed E-state index contributed by atoms with van der Waals surface area (Å²) >= 11 is 1.62. The highest BCUT2D eigenvalue weighted by Gasteiger charge is 2.31. The molecule has 1 fully saturated rings. The van der Waals surface area contributed by atoms with E-state index in [0.717, 1.165) is 18.7 Å². The third-order valence-electron chi connectivity index (χ3n) is 3.61. The molecule has 1 aliphatic rings. The zero-order valence-electron chi connectivity index (χ0n) is 11.4. The number of aliphatic hydroxyl groups is 1. The van der Waals surface area contributed by atoms with Gasteiger partial charge < -0.3 is 15.3 Å². The lowest BCUT2D eigenvalue weighted by molar-refractivity contribution is -0.131. The molecule has 1 saturated heterocycles. The quantitative estimate of drug-likeness (QED) is 0.841. The van der Waals surface area contributed by atoms with Gasteiger partial charge in [0.2, 0.25) is 5.91 Å². The monoisotopic (exact) mass is 283 g/mol. The summed E-state index contributed by atoms with van der Waals surface area (Å²) in [5.74, 6) is -0.345. The first-order valence-electron chi connectivity index (χ1n) is 6.61. The van der Waals surface area contributed by atoms with Gasteiger partial charge in [-0.3, -0.25) is 4.79 Å². The van der Waals surface area contributed by atoms with Crippen LogP contribution in [0.2, 0.25) is 0 Å². The first kappa shape index (κ1) is 14.4. The van der Waals surface area contributed by atoms with Crippen LogP contribution in [-0.4, -0.2) is 53.7 Å². The summed E-state index contributed by atoms with van der Waals surface area (Å²) in [5, 5.41) is 12.8. The maximum absolute atomic E-state index is 12.1. The van der Waals surface area contributed by atoms with Crippen LogP contribution >= 0.6 is 11.3 Å². The highest BCUT2D eigenvalue weighted by Crippen LogP contribution is 2.16. The first-order valence-corrected chi connectivity index (χ1v) is 7.49. The fraction of sp³-hybridized carbons (Fsp3) is 0.692. The maximum atomic E-state index is 12.1. The summed E-state index contributed by atoms with van der Waals surface area (Å²) in [6.45, 7) is 4.07. The Labute approximate surface area is 117 Å². The highest BCUT2D eigenvalue weighted by molar-refractivity contribution is 7.09. The second kappa shape index (κ2) is 6.45. The summed E-state index contributed by atoms with van der Waals surface area (Å²) in [5.41, 5.74) is 2.86. The molecule has 0 spiro atoms. The molecule has 2 N–H and O–H groups in total. The van der Waals surface area contributed by atoms with Crippen LogP contribution in [-0.2, 0) is 11.2 Å². The minimum Gasteiger partial charge on any atom is -0.392 e. The molecule has 1 aliphatic heterocycles. The topological polar surface area (TPSA) is 65.5 Å². The molecule has 1 aromatic rings. The van der Waals surface area contributed by atoms with Gasteiger partial charge in [0.05, 0.1) is 23.2 Å². The Morgan fingerprint density at radius 1 is 1.68 bits per heavy atom. The highest BCUT2D eigenvalue weighted by atomic mass is 32.1. The van der Waals surface area contributed by atoms with Gasteiger partial charge in [0, 0.05) is 30.9 Å². The molecule has 1 aromatic heterocycles. The first-order chi connectivity index (χ1) is 9.08. The predicted molar refractivity (Wildman–Crippen MR) is 75.2 cm³/mol. The van der Waals surface area contributed by atoms with Crippen molar-refractivity contribution in [3.63, 3.8) is 0 Å². The Bertz CT molecular complexity index is 435. The van der Waals surface area contributed by atoms with Crippen LogP contribution in [0.15, 0.2) is 5.51 Å². The van der Waals surface area contributed by atoms with Gasteiger partial charge in [-0.15, -0.1) is 11.3 Å². The van der Waals surface area contributed by atoms with Gasteiger partial charge >= 0.3 is 0 Å². The van der Waals surface area contributed by atoms with Crippen molar-refractivity contribution in [2.75, 3.05) is 26.7 Å². The van der Waals surface area contributed by atoms with E-state index in [1.165, 1.54) is 4.88 Å². The van der Waals surface area contributed by atoms with Gasteiger partial charge in [-0.25, -0.2) is 4.98 Å². The van der Waals surface area contributed by atoms with Crippen molar-refractivity contribution in [3.05, 3.63) is 16.1 Å². The SMILES string of the molecule is Cc1ncsc1CCNC(=O)[C@@H]1CN(C)CC[C@H]1O. The Morgan fingerprint density at radius 3 is 3.16 bits per heavy atom. The molecule has 2 heterocycles. The normalized spacial score (nSPS) is 24.4. The number of aryl methyl sites for hydroxylation is 1. The van der Waals surface area contributed by atoms with Crippen LogP contribution in [0.4, 0.5) is 0 Å². The van der Waals surface area contributed by atoms with Crippen LogP contribution in [0.5, 0.6) is 0 Å². The third kappa shape index (κ3) is 3.75. The number of hydrogen-bond acceptors (Lipinski definition) is 5. The van der Waals surface area contributed by atoms with Crippen molar-refractivity contribution in [1.29, 1.82) is 0 Å². The summed E-state index contributed by atoms with van der Waals surface area (Å²) in [6, 6.07) is 0. The molecule has 19 heavy (non-hydrogen) atoms. The van der Waals surface area contributed by atoms with Crippen molar-refractivity contribution in [2.45, 2.75) is 25.9 Å². The fourth-order valence-electron chi connectivity index (χ4n) is 2.36. The van der Waals surface area contributed by atoms with Gasteiger partial charge in [-0.2, -0.15) is 0 Å². The van der Waals surface area contributed by atoms with E-state index >= 15 is 0 Å². The zero-order valence-corrected chi connectivity index (χ0v) is 12.2. The van der Waals surface area contributed by atoms with Gasteiger partial charge in [-0.05, 0) is 20.4 Å². The molecule has 5 nitrogen and oxygen atoms in total. The lowest BCUT2D eigenvalue weighted by Crippen LogP contribution is -2.49. The molecule has 6 heteroatoms. The second-order valence-corrected chi connectivity index (χ2v) is 6.07. The number of nitrogens with zero attached hydrogens (tertiary/aromatic N) is 2. The summed E-state index contributed by atoms with van der Waals surface area (Å²) in [7, 11) is 1.98. The number of carbonyl (C=O) groups excluding carboxylic acids is 1. The van der Waals surface area contributed by atoms with Crippen molar-refractivity contribution in [3.8, 4) is 0 Å². The minimum atomic E-state index is -0.513. The van der Waals surface area contributed by atoms with Crippen LogP contribution < -0.4 is 5.32 Å². The second-order valence-electron chi connectivity index (χ2n) is 5.13. The number of amides is 1. The van der Waals surface area contributed by atoms with E-state index in [1.54, 1.807) is 11.3 Å². The van der Waals surface area contributed by atoms with E-state index in [2.05, 4.69) is 15.2 Å². The number of likely N-dealkylation sites (tertiary alicyclic amines) is 1. The van der Waals surface area contributed by atoms with E-state index in [4.69, 9.17) is 0 Å². The van der Waals surface area contributed by atoms with Crippen LogP contribution in [0, 0.1) is 12.8 Å². The summed E-state index contributed by atoms with van der Waals surface area (Å²) in [6.07, 6.45) is 0.963. The molecule has 0 saturated carbocycles. The summed E-state index contributed by atoms with van der Waals surface area (Å²) in [4.78, 5) is 19.5. The molecular weight excluding hydrogens is 262 g/mol. The van der Waals surface area contributed by atoms with Crippen molar-refractivity contribution >= 4 is 17.2 Å². The van der Waals surface area contributed by atoms with E-state index in [9.17, 15) is 9.90 Å². The number of piperidine rings is 1. The van der Waals surface area contributed by atoms with E-state index in [-0.39, 0.29) is 11.8 Å². The lowest BCUT2D eigenvalue weighted by atomic mass is 9.94. The fourth-order valence-corrected chi connectivity index (χ4v) is 3.14. The van der Waals surface area contributed by atoms with Crippen molar-refractivity contribution in [2.24, 2.45) is 5.92 Å². The van der Waals surface area contributed by atoms with Gasteiger partial charge in [0.25, 0.3) is 0 Å². The number of aromatic nitrogens is 1. The number of aliphatic hydroxyl groups excluding tert-OH is 1. The molecule has 2 rings (SSSR count). The van der Waals surface area contributed by atoms with E-state index < -0.39 is 6.10 Å².